The highest BCUT2D eigenvalue weighted by Crippen LogP contribution is 2.56. The molecule has 0 spiro atoms. The Kier molecular flexibility index (Phi) is 5.79. The Labute approximate surface area is 212 Å². The Morgan fingerprint density at radius 1 is 0.559 bits per heavy atom. The lowest BCUT2D eigenvalue weighted by Crippen LogP contribution is -2.06. The van der Waals surface area contributed by atoms with Crippen molar-refractivity contribution < 1.29 is 0 Å². The fraction of sp³-hybridized carbons (Fsp3) is 0.500. The van der Waals surface area contributed by atoms with E-state index in [0.29, 0.717) is 0 Å². The maximum Gasteiger partial charge on any atom is 0.0430 e. The van der Waals surface area contributed by atoms with Crippen molar-refractivity contribution in [1.82, 2.24) is 0 Å². The molecular formula is C32H36S2. The maximum absolute atomic E-state index is 2.49. The van der Waals surface area contributed by atoms with Crippen LogP contribution in [-0.4, -0.2) is 0 Å². The summed E-state index contributed by atoms with van der Waals surface area (Å²) in [6, 6.07) is 14.6. The summed E-state index contributed by atoms with van der Waals surface area (Å²) >= 11 is 4.16. The number of benzene rings is 2. The van der Waals surface area contributed by atoms with E-state index in [2.05, 4.69) is 59.1 Å². The number of fused-ring (bicyclic) bond motifs is 8. The van der Waals surface area contributed by atoms with Crippen LogP contribution in [0.5, 0.6) is 0 Å². The minimum atomic E-state index is 0.974. The second-order valence-corrected chi connectivity index (χ2v) is 13.6. The van der Waals surface area contributed by atoms with Crippen molar-refractivity contribution in [2.45, 2.75) is 89.9 Å². The standard InChI is InChI=1S/C32H36S2/c1-3-7-21(8-4-1)11-15-25-19-23-13-17-27-29(31(23)33-25)28-18-14-24-20-26(34-32(24)30(27)28)16-12-22-9-5-2-6-10-22/h13-14,17-22H,1-12,15-16H2. The predicted octanol–water partition coefficient (Wildman–Crippen LogP) is 10.8. The SMILES string of the molecule is c1cc2cc(CCC3CCCCC3)sc2c2c1-c1c-2ccc2cc(CCC3CCCCC3)sc12. The van der Waals surface area contributed by atoms with E-state index in [1.165, 1.54) is 121 Å². The molecule has 0 bridgehead atoms. The van der Waals surface area contributed by atoms with Crippen molar-refractivity contribution in [2.24, 2.45) is 11.8 Å². The molecule has 3 aliphatic rings. The van der Waals surface area contributed by atoms with Crippen molar-refractivity contribution in [3.8, 4) is 22.3 Å². The van der Waals surface area contributed by atoms with Gasteiger partial charge in [0.25, 0.3) is 0 Å². The third kappa shape index (κ3) is 3.86. The van der Waals surface area contributed by atoms with E-state index in [1.807, 2.05) is 0 Å². The van der Waals surface area contributed by atoms with Gasteiger partial charge < -0.3 is 0 Å². The van der Waals surface area contributed by atoms with Crippen LogP contribution in [0.1, 0.15) is 86.8 Å². The van der Waals surface area contributed by atoms with Crippen LogP contribution in [0.4, 0.5) is 0 Å². The van der Waals surface area contributed by atoms with E-state index in [1.54, 1.807) is 20.9 Å². The third-order valence-electron chi connectivity index (χ3n) is 9.06. The van der Waals surface area contributed by atoms with Crippen molar-refractivity contribution in [3.05, 3.63) is 46.2 Å². The maximum atomic E-state index is 2.49. The van der Waals surface area contributed by atoms with Crippen molar-refractivity contribution in [2.75, 3.05) is 0 Å². The molecule has 2 aromatic heterocycles. The number of rotatable bonds is 6. The molecule has 0 unspecified atom stereocenters. The van der Waals surface area contributed by atoms with Gasteiger partial charge in [0.15, 0.2) is 0 Å². The van der Waals surface area contributed by atoms with E-state index in [4.69, 9.17) is 0 Å². The van der Waals surface area contributed by atoms with Crippen LogP contribution in [0, 0.1) is 11.8 Å². The van der Waals surface area contributed by atoms with E-state index in [-0.39, 0.29) is 0 Å². The monoisotopic (exact) mass is 484 g/mol. The molecule has 0 radical (unpaired) electrons. The summed E-state index contributed by atoms with van der Waals surface area (Å²) in [5.74, 6) is 1.95. The molecule has 2 heterocycles. The third-order valence-corrected chi connectivity index (χ3v) is 11.5. The van der Waals surface area contributed by atoms with Crippen molar-refractivity contribution >= 4 is 42.8 Å². The summed E-state index contributed by atoms with van der Waals surface area (Å²) in [5.41, 5.74) is 6.10. The molecule has 0 saturated heterocycles. The smallest absolute Gasteiger partial charge is 0.0430 e. The number of hydrogen-bond acceptors (Lipinski definition) is 2. The molecule has 2 aromatic carbocycles. The zero-order valence-corrected chi connectivity index (χ0v) is 22.0. The summed E-state index contributed by atoms with van der Waals surface area (Å²) in [6.07, 6.45) is 20.0. The summed E-state index contributed by atoms with van der Waals surface area (Å²) in [7, 11) is 0. The molecule has 2 heteroatoms. The van der Waals surface area contributed by atoms with Gasteiger partial charge in [-0.25, -0.2) is 0 Å². The summed E-state index contributed by atoms with van der Waals surface area (Å²) < 4.78 is 3.08. The Morgan fingerprint density at radius 2 is 1.00 bits per heavy atom. The molecule has 0 aliphatic heterocycles. The molecule has 2 saturated carbocycles. The van der Waals surface area contributed by atoms with Crippen LogP contribution in [0.2, 0.25) is 0 Å². The highest BCUT2D eigenvalue weighted by Gasteiger charge is 2.29. The van der Waals surface area contributed by atoms with Gasteiger partial charge in [-0.1, -0.05) is 88.5 Å². The molecule has 7 rings (SSSR count). The van der Waals surface area contributed by atoms with Crippen molar-refractivity contribution in [1.29, 1.82) is 0 Å². The second-order valence-electron chi connectivity index (χ2n) is 11.3. The molecule has 2 fully saturated rings. The highest BCUT2D eigenvalue weighted by atomic mass is 32.1. The molecular weight excluding hydrogens is 448 g/mol. The first-order valence-electron chi connectivity index (χ1n) is 13.9. The molecule has 0 amide bonds. The van der Waals surface area contributed by atoms with Gasteiger partial charge in [0.05, 0.1) is 0 Å². The Bertz CT molecular complexity index is 1210. The van der Waals surface area contributed by atoms with Gasteiger partial charge in [-0.2, -0.15) is 0 Å². The lowest BCUT2D eigenvalue weighted by Gasteiger charge is -2.25. The normalized spacial score (nSPS) is 18.8. The lowest BCUT2D eigenvalue weighted by molar-refractivity contribution is 0.340. The molecule has 0 N–H and O–H groups in total. The predicted molar refractivity (Wildman–Crippen MR) is 151 cm³/mol. The van der Waals surface area contributed by atoms with Gasteiger partial charge in [-0.15, -0.1) is 22.7 Å². The van der Waals surface area contributed by atoms with Crippen LogP contribution >= 0.6 is 22.7 Å². The molecule has 0 nitrogen and oxygen atoms in total. The minimum absolute atomic E-state index is 0.974. The van der Waals surface area contributed by atoms with Crippen molar-refractivity contribution in [3.63, 3.8) is 0 Å². The Morgan fingerprint density at radius 3 is 1.44 bits per heavy atom. The fourth-order valence-corrected chi connectivity index (χ4v) is 9.56. The first-order valence-corrected chi connectivity index (χ1v) is 15.6. The van der Waals surface area contributed by atoms with Crippen LogP contribution in [0.15, 0.2) is 36.4 Å². The Hall–Kier alpha value is -1.64. The zero-order valence-electron chi connectivity index (χ0n) is 20.3. The van der Waals surface area contributed by atoms with Gasteiger partial charge >= 0.3 is 0 Å². The number of thiophene rings is 2. The van der Waals surface area contributed by atoms with E-state index in [0.717, 1.165) is 11.8 Å². The second kappa shape index (κ2) is 9.10. The van der Waals surface area contributed by atoms with Crippen LogP contribution in [0.25, 0.3) is 42.4 Å². The quantitative estimate of drug-likeness (QED) is 0.225. The van der Waals surface area contributed by atoms with E-state index >= 15 is 0 Å². The summed E-state index contributed by atoms with van der Waals surface area (Å²) in [6.45, 7) is 0. The van der Waals surface area contributed by atoms with Crippen LogP contribution in [-0.2, 0) is 12.8 Å². The average molecular weight is 485 g/mol. The van der Waals surface area contributed by atoms with Gasteiger partial charge in [0, 0.05) is 30.3 Å². The number of aryl methyl sites for hydroxylation is 2. The topological polar surface area (TPSA) is 0 Å². The van der Waals surface area contributed by atoms with Crippen LogP contribution < -0.4 is 0 Å². The van der Waals surface area contributed by atoms with E-state index in [9.17, 15) is 0 Å². The average Bonchev–Trinajstić information content (AvgIpc) is 3.47. The van der Waals surface area contributed by atoms with E-state index < -0.39 is 0 Å². The molecule has 4 aromatic rings. The van der Waals surface area contributed by atoms with Gasteiger partial charge in [-0.3, -0.25) is 0 Å². The van der Waals surface area contributed by atoms with Gasteiger partial charge in [-0.05, 0) is 71.6 Å². The molecule has 3 aliphatic carbocycles. The molecule has 176 valence electrons. The lowest BCUT2D eigenvalue weighted by atomic mass is 9.79. The summed E-state index contributed by atoms with van der Waals surface area (Å²) in [5, 5.41) is 2.93. The summed E-state index contributed by atoms with van der Waals surface area (Å²) in [4.78, 5) is 3.20. The highest BCUT2D eigenvalue weighted by molar-refractivity contribution is 7.20. The zero-order chi connectivity index (χ0) is 22.5. The molecule has 0 atom stereocenters. The minimum Gasteiger partial charge on any atom is -0.140 e. The molecule has 34 heavy (non-hydrogen) atoms. The first kappa shape index (κ1) is 21.6. The van der Waals surface area contributed by atoms with Crippen LogP contribution in [0.3, 0.4) is 0 Å². The first-order chi connectivity index (χ1) is 16.8. The number of hydrogen-bond donors (Lipinski definition) is 0. The fourth-order valence-electron chi connectivity index (χ4n) is 7.09. The van der Waals surface area contributed by atoms with Gasteiger partial charge in [0.1, 0.15) is 0 Å². The Balaban J connectivity index is 1.13. The largest absolute Gasteiger partial charge is 0.140 e. The van der Waals surface area contributed by atoms with Gasteiger partial charge in [0.2, 0.25) is 0 Å².